The molecule has 0 saturated carbocycles. The topological polar surface area (TPSA) is 143 Å². The van der Waals surface area contributed by atoms with Gasteiger partial charge < -0.3 is 34.7 Å². The third kappa shape index (κ3) is 6.68. The molecule has 0 aromatic carbocycles. The summed E-state index contributed by atoms with van der Waals surface area (Å²) in [5.41, 5.74) is 8.20. The van der Waals surface area contributed by atoms with Gasteiger partial charge in [-0.1, -0.05) is 0 Å². The van der Waals surface area contributed by atoms with Crippen LogP contribution in [0.5, 0.6) is 11.8 Å². The number of piperidine rings is 1. The van der Waals surface area contributed by atoms with Crippen molar-refractivity contribution >= 4 is 17.5 Å². The number of hydrogen-bond acceptors (Lipinski definition) is 10. The molecular formula is C26H36N8O4. The van der Waals surface area contributed by atoms with E-state index in [9.17, 15) is 4.79 Å². The SMILES string of the molecule is CCNC(=O)c1cc(N2CCC(COc3cc(-c4cncn4C)cnc3N)CC2)nc(O[C@H](C)COC)n1. The van der Waals surface area contributed by atoms with Gasteiger partial charge in [-0.05, 0) is 38.7 Å². The van der Waals surface area contributed by atoms with Gasteiger partial charge in [-0.25, -0.2) is 9.97 Å². The molecule has 204 valence electrons. The summed E-state index contributed by atoms with van der Waals surface area (Å²) in [6, 6.07) is 3.78. The lowest BCUT2D eigenvalue weighted by atomic mass is 9.98. The maximum atomic E-state index is 12.5. The Morgan fingerprint density at radius 3 is 2.71 bits per heavy atom. The number of anilines is 2. The van der Waals surface area contributed by atoms with Gasteiger partial charge in [0.15, 0.2) is 11.6 Å². The fraction of sp³-hybridized carbons (Fsp3) is 0.500. The second-order valence-electron chi connectivity index (χ2n) is 9.38. The Kier molecular flexibility index (Phi) is 8.95. The van der Waals surface area contributed by atoms with Crippen LogP contribution in [0.25, 0.3) is 11.3 Å². The summed E-state index contributed by atoms with van der Waals surface area (Å²) < 4.78 is 19.0. The number of amides is 1. The van der Waals surface area contributed by atoms with Gasteiger partial charge >= 0.3 is 6.01 Å². The lowest BCUT2D eigenvalue weighted by molar-refractivity contribution is 0.0843. The Labute approximate surface area is 222 Å². The lowest BCUT2D eigenvalue weighted by Gasteiger charge is -2.33. The van der Waals surface area contributed by atoms with Crippen LogP contribution in [0.4, 0.5) is 11.6 Å². The average molecular weight is 525 g/mol. The van der Waals surface area contributed by atoms with E-state index in [1.807, 2.05) is 31.5 Å². The van der Waals surface area contributed by atoms with Crippen molar-refractivity contribution in [2.75, 3.05) is 50.6 Å². The van der Waals surface area contributed by atoms with E-state index < -0.39 is 0 Å². The molecule has 1 amide bonds. The normalized spacial score (nSPS) is 14.8. The van der Waals surface area contributed by atoms with E-state index in [4.69, 9.17) is 19.9 Å². The molecule has 0 radical (unpaired) electrons. The molecule has 1 fully saturated rings. The Morgan fingerprint density at radius 1 is 1.24 bits per heavy atom. The maximum absolute atomic E-state index is 12.5. The number of nitrogen functional groups attached to an aromatic ring is 1. The maximum Gasteiger partial charge on any atom is 0.319 e. The first kappa shape index (κ1) is 27.1. The van der Waals surface area contributed by atoms with E-state index in [0.717, 1.165) is 37.2 Å². The molecule has 12 heteroatoms. The van der Waals surface area contributed by atoms with Crippen LogP contribution in [0, 0.1) is 5.92 Å². The summed E-state index contributed by atoms with van der Waals surface area (Å²) in [7, 11) is 3.53. The number of nitrogens with zero attached hydrogens (tertiary/aromatic N) is 6. The molecular weight excluding hydrogens is 488 g/mol. The van der Waals surface area contributed by atoms with Crippen molar-refractivity contribution in [3.63, 3.8) is 0 Å². The summed E-state index contributed by atoms with van der Waals surface area (Å²) >= 11 is 0. The van der Waals surface area contributed by atoms with Gasteiger partial charge in [-0.3, -0.25) is 4.79 Å². The summed E-state index contributed by atoms with van der Waals surface area (Å²) in [6.45, 7) is 6.68. The molecule has 0 bridgehead atoms. The molecule has 12 nitrogen and oxygen atoms in total. The lowest BCUT2D eigenvalue weighted by Crippen LogP contribution is -2.36. The zero-order valence-corrected chi connectivity index (χ0v) is 22.4. The minimum atomic E-state index is -0.261. The first-order valence-corrected chi connectivity index (χ1v) is 12.8. The summed E-state index contributed by atoms with van der Waals surface area (Å²) in [4.78, 5) is 32.0. The van der Waals surface area contributed by atoms with Crippen LogP contribution < -0.4 is 25.4 Å². The number of ether oxygens (including phenoxy) is 3. The van der Waals surface area contributed by atoms with Gasteiger partial charge in [0.25, 0.3) is 5.91 Å². The Bertz CT molecular complexity index is 1230. The van der Waals surface area contributed by atoms with E-state index in [-0.39, 0.29) is 23.7 Å². The largest absolute Gasteiger partial charge is 0.489 e. The van der Waals surface area contributed by atoms with Crippen molar-refractivity contribution in [1.82, 2.24) is 29.8 Å². The highest BCUT2D eigenvalue weighted by molar-refractivity contribution is 5.93. The van der Waals surface area contributed by atoms with Gasteiger partial charge in [0.05, 0.1) is 31.4 Å². The summed E-state index contributed by atoms with van der Waals surface area (Å²) in [6.07, 6.45) is 6.79. The number of aromatic nitrogens is 5. The summed E-state index contributed by atoms with van der Waals surface area (Å²) in [5, 5.41) is 2.79. The molecule has 1 atom stereocenters. The van der Waals surface area contributed by atoms with Crippen LogP contribution in [-0.4, -0.2) is 76.5 Å². The number of imidazole rings is 1. The van der Waals surface area contributed by atoms with E-state index in [0.29, 0.717) is 43.1 Å². The zero-order chi connectivity index (χ0) is 27.1. The van der Waals surface area contributed by atoms with Gasteiger partial charge in [0.2, 0.25) is 0 Å². The fourth-order valence-electron chi connectivity index (χ4n) is 4.33. The zero-order valence-electron chi connectivity index (χ0n) is 22.4. The third-order valence-electron chi connectivity index (χ3n) is 6.38. The molecule has 4 heterocycles. The Hall–Kier alpha value is -3.93. The smallest absolute Gasteiger partial charge is 0.319 e. The highest BCUT2D eigenvalue weighted by Crippen LogP contribution is 2.29. The second kappa shape index (κ2) is 12.5. The van der Waals surface area contributed by atoms with Gasteiger partial charge in [0, 0.05) is 51.6 Å². The predicted octanol–water partition coefficient (Wildman–Crippen LogP) is 2.31. The highest BCUT2D eigenvalue weighted by Gasteiger charge is 2.24. The highest BCUT2D eigenvalue weighted by atomic mass is 16.5. The molecule has 1 aliphatic rings. The number of nitrogens with two attached hydrogens (primary N) is 1. The quantitative estimate of drug-likeness (QED) is 0.384. The number of hydrogen-bond donors (Lipinski definition) is 2. The Morgan fingerprint density at radius 2 is 2.03 bits per heavy atom. The minimum Gasteiger partial charge on any atom is -0.489 e. The van der Waals surface area contributed by atoms with E-state index in [1.165, 1.54) is 0 Å². The number of aryl methyl sites for hydroxylation is 1. The minimum absolute atomic E-state index is 0.162. The number of carbonyl (C=O) groups excluding carboxylic acids is 1. The van der Waals surface area contributed by atoms with Crippen LogP contribution in [0.1, 0.15) is 37.2 Å². The van der Waals surface area contributed by atoms with Crippen molar-refractivity contribution in [2.45, 2.75) is 32.8 Å². The van der Waals surface area contributed by atoms with Crippen molar-refractivity contribution in [3.8, 4) is 23.0 Å². The second-order valence-corrected chi connectivity index (χ2v) is 9.38. The number of nitrogens with one attached hydrogen (secondary N) is 1. The molecule has 0 spiro atoms. The first-order chi connectivity index (χ1) is 18.4. The van der Waals surface area contributed by atoms with Crippen molar-refractivity contribution in [3.05, 3.63) is 36.5 Å². The van der Waals surface area contributed by atoms with E-state index >= 15 is 0 Å². The molecule has 3 aromatic heterocycles. The van der Waals surface area contributed by atoms with Gasteiger partial charge in [-0.15, -0.1) is 0 Å². The Balaban J connectivity index is 1.39. The van der Waals surface area contributed by atoms with Crippen LogP contribution in [0.2, 0.25) is 0 Å². The van der Waals surface area contributed by atoms with Crippen molar-refractivity contribution < 1.29 is 19.0 Å². The number of carbonyl (C=O) groups is 1. The van der Waals surface area contributed by atoms with Crippen molar-refractivity contribution in [2.24, 2.45) is 13.0 Å². The third-order valence-corrected chi connectivity index (χ3v) is 6.38. The van der Waals surface area contributed by atoms with Crippen molar-refractivity contribution in [1.29, 1.82) is 0 Å². The molecule has 3 N–H and O–H groups in total. The first-order valence-electron chi connectivity index (χ1n) is 12.8. The molecule has 3 aromatic rings. The molecule has 0 aliphatic carbocycles. The number of rotatable bonds is 11. The molecule has 1 aliphatic heterocycles. The van der Waals surface area contributed by atoms with Crippen LogP contribution in [0.3, 0.4) is 0 Å². The van der Waals surface area contributed by atoms with Gasteiger partial charge in [-0.2, -0.15) is 9.97 Å². The predicted molar refractivity (Wildman–Crippen MR) is 143 cm³/mol. The molecule has 1 saturated heterocycles. The number of methoxy groups -OCH3 is 1. The average Bonchev–Trinajstić information content (AvgIpc) is 3.34. The van der Waals surface area contributed by atoms with E-state index in [2.05, 4.69) is 30.2 Å². The molecule has 4 rings (SSSR count). The standard InChI is InChI=1S/C26H36N8O4/c1-5-29-25(35)20-11-23(32-26(31-20)38-17(2)14-36-4)34-8-6-18(7-9-34)15-37-22-10-19(12-30-24(22)27)21-13-28-16-33(21)3/h10-13,16-18H,5-9,14-15H2,1-4H3,(H2,27,30)(H,29,35)/t17-/m1/s1. The van der Waals surface area contributed by atoms with Gasteiger partial charge in [0.1, 0.15) is 17.6 Å². The summed E-state index contributed by atoms with van der Waals surface area (Å²) in [5.74, 6) is 1.68. The van der Waals surface area contributed by atoms with E-state index in [1.54, 1.807) is 31.9 Å². The molecule has 0 unspecified atom stereocenters. The monoisotopic (exact) mass is 524 g/mol. The van der Waals surface area contributed by atoms with Crippen LogP contribution in [0.15, 0.2) is 30.9 Å². The fourth-order valence-corrected chi connectivity index (χ4v) is 4.33. The molecule has 38 heavy (non-hydrogen) atoms. The van der Waals surface area contributed by atoms with Crippen LogP contribution in [-0.2, 0) is 11.8 Å². The number of pyridine rings is 1. The van der Waals surface area contributed by atoms with Crippen LogP contribution >= 0.6 is 0 Å².